The lowest BCUT2D eigenvalue weighted by Crippen LogP contribution is -2.31. The fourth-order valence-electron chi connectivity index (χ4n) is 3.77. The molecule has 0 saturated carbocycles. The Morgan fingerprint density at radius 3 is 2.64 bits per heavy atom. The summed E-state index contributed by atoms with van der Waals surface area (Å²) in [5, 5.41) is 0. The first-order chi connectivity index (χ1) is 12.3. The lowest BCUT2D eigenvalue weighted by Gasteiger charge is -2.23. The molecule has 2 aliphatic heterocycles. The molecule has 1 saturated heterocycles. The minimum atomic E-state index is -0.0146. The van der Waals surface area contributed by atoms with Crippen LogP contribution in [0.2, 0.25) is 0 Å². The molecule has 0 unspecified atom stereocenters. The van der Waals surface area contributed by atoms with Crippen molar-refractivity contribution in [3.05, 3.63) is 59.7 Å². The number of hydrogen-bond acceptors (Lipinski definition) is 4. The van der Waals surface area contributed by atoms with E-state index in [0.29, 0.717) is 49.9 Å². The van der Waals surface area contributed by atoms with Crippen LogP contribution in [0.4, 0.5) is 0 Å². The fourth-order valence-corrected chi connectivity index (χ4v) is 3.77. The van der Waals surface area contributed by atoms with E-state index in [4.69, 9.17) is 15.2 Å². The molecule has 0 spiro atoms. The molecule has 2 N–H and O–H groups in total. The van der Waals surface area contributed by atoms with Crippen LogP contribution in [0.5, 0.6) is 11.5 Å². The Bertz CT molecular complexity index is 763. The molecule has 5 nitrogen and oxygen atoms in total. The molecular formula is C20H22N2O3. The number of rotatable bonds is 3. The van der Waals surface area contributed by atoms with E-state index < -0.39 is 0 Å². The Morgan fingerprint density at radius 1 is 1.04 bits per heavy atom. The lowest BCUT2D eigenvalue weighted by atomic mass is 9.89. The summed E-state index contributed by atoms with van der Waals surface area (Å²) in [6.45, 7) is 2.89. The van der Waals surface area contributed by atoms with E-state index in [1.165, 1.54) is 5.56 Å². The Hall–Kier alpha value is -2.53. The van der Waals surface area contributed by atoms with Crippen molar-refractivity contribution in [2.24, 2.45) is 11.7 Å². The molecule has 2 aliphatic rings. The van der Waals surface area contributed by atoms with Crippen LogP contribution in [-0.2, 0) is 0 Å². The highest BCUT2D eigenvalue weighted by Crippen LogP contribution is 2.37. The van der Waals surface area contributed by atoms with Gasteiger partial charge in [0.15, 0.2) is 11.5 Å². The molecule has 2 aromatic carbocycles. The minimum absolute atomic E-state index is 0.0146. The molecule has 130 valence electrons. The smallest absolute Gasteiger partial charge is 0.257 e. The van der Waals surface area contributed by atoms with Gasteiger partial charge in [-0.1, -0.05) is 36.4 Å². The highest BCUT2D eigenvalue weighted by molar-refractivity contribution is 5.98. The van der Waals surface area contributed by atoms with Crippen LogP contribution < -0.4 is 15.2 Å². The van der Waals surface area contributed by atoms with Gasteiger partial charge in [0, 0.05) is 19.0 Å². The quantitative estimate of drug-likeness (QED) is 0.932. The summed E-state index contributed by atoms with van der Waals surface area (Å²) in [5.41, 5.74) is 7.80. The van der Waals surface area contributed by atoms with Gasteiger partial charge in [0.25, 0.3) is 5.91 Å². The number of nitrogens with two attached hydrogens (primary N) is 1. The second-order valence-corrected chi connectivity index (χ2v) is 6.55. The average molecular weight is 338 g/mol. The monoisotopic (exact) mass is 338 g/mol. The SMILES string of the molecule is NC[C@@H]1CN(C(=O)c2cccc3c2OCCO3)C[C@H]1c1ccccc1. The fraction of sp³-hybridized carbons (Fsp3) is 0.350. The summed E-state index contributed by atoms with van der Waals surface area (Å²) >= 11 is 0. The van der Waals surface area contributed by atoms with Crippen molar-refractivity contribution < 1.29 is 14.3 Å². The van der Waals surface area contributed by atoms with Gasteiger partial charge in [0.05, 0.1) is 5.56 Å². The van der Waals surface area contributed by atoms with E-state index >= 15 is 0 Å². The van der Waals surface area contributed by atoms with Crippen LogP contribution in [0.15, 0.2) is 48.5 Å². The number of likely N-dealkylation sites (tertiary alicyclic amines) is 1. The second-order valence-electron chi connectivity index (χ2n) is 6.55. The number of benzene rings is 2. The van der Waals surface area contributed by atoms with Gasteiger partial charge in [0.2, 0.25) is 0 Å². The molecule has 1 amide bonds. The zero-order chi connectivity index (χ0) is 17.2. The molecule has 1 fully saturated rings. The molecule has 0 aromatic heterocycles. The van der Waals surface area contributed by atoms with Crippen molar-refractivity contribution >= 4 is 5.91 Å². The summed E-state index contributed by atoms with van der Waals surface area (Å²) in [6, 6.07) is 15.8. The molecule has 25 heavy (non-hydrogen) atoms. The Balaban J connectivity index is 1.60. The molecule has 0 aliphatic carbocycles. The molecule has 0 bridgehead atoms. The van der Waals surface area contributed by atoms with E-state index in [9.17, 15) is 4.79 Å². The zero-order valence-electron chi connectivity index (χ0n) is 14.1. The third kappa shape index (κ3) is 2.96. The normalized spacial score (nSPS) is 22.0. The van der Waals surface area contributed by atoms with Crippen LogP contribution in [0.3, 0.4) is 0 Å². The van der Waals surface area contributed by atoms with Gasteiger partial charge in [-0.05, 0) is 30.2 Å². The Labute approximate surface area is 147 Å². The summed E-state index contributed by atoms with van der Waals surface area (Å²) in [5.74, 6) is 1.73. The molecule has 0 radical (unpaired) electrons. The van der Waals surface area contributed by atoms with E-state index in [0.717, 1.165) is 0 Å². The maximum absolute atomic E-state index is 13.1. The van der Waals surface area contributed by atoms with E-state index in [1.807, 2.05) is 41.3 Å². The highest BCUT2D eigenvalue weighted by Gasteiger charge is 2.36. The maximum Gasteiger partial charge on any atom is 0.257 e. The van der Waals surface area contributed by atoms with Crippen molar-refractivity contribution in [1.82, 2.24) is 4.90 Å². The standard InChI is InChI=1S/C20H22N2O3/c21-11-15-12-22(13-17(15)14-5-2-1-3-6-14)20(23)16-7-4-8-18-19(16)25-10-9-24-18/h1-8,15,17H,9-13,21H2/t15-,17+/m1/s1. The third-order valence-electron chi connectivity index (χ3n) is 5.06. The highest BCUT2D eigenvalue weighted by atomic mass is 16.6. The zero-order valence-corrected chi connectivity index (χ0v) is 14.1. The number of fused-ring (bicyclic) bond motifs is 1. The maximum atomic E-state index is 13.1. The Kier molecular flexibility index (Phi) is 4.32. The molecule has 4 rings (SSSR count). The number of carbonyl (C=O) groups excluding carboxylic acids is 1. The van der Waals surface area contributed by atoms with Gasteiger partial charge in [-0.3, -0.25) is 4.79 Å². The van der Waals surface area contributed by atoms with Gasteiger partial charge in [-0.2, -0.15) is 0 Å². The number of carbonyl (C=O) groups is 1. The first kappa shape index (κ1) is 16.0. The molecular weight excluding hydrogens is 316 g/mol. The van der Waals surface area contributed by atoms with E-state index in [-0.39, 0.29) is 17.7 Å². The van der Waals surface area contributed by atoms with Crippen LogP contribution in [-0.4, -0.2) is 43.7 Å². The van der Waals surface area contributed by atoms with Crippen LogP contribution in [0, 0.1) is 5.92 Å². The number of hydrogen-bond donors (Lipinski definition) is 1. The second kappa shape index (κ2) is 6.76. The van der Waals surface area contributed by atoms with Gasteiger partial charge in [0.1, 0.15) is 13.2 Å². The topological polar surface area (TPSA) is 64.8 Å². The first-order valence-electron chi connectivity index (χ1n) is 8.71. The van der Waals surface area contributed by atoms with Crippen LogP contribution >= 0.6 is 0 Å². The predicted molar refractivity (Wildman–Crippen MR) is 95.1 cm³/mol. The lowest BCUT2D eigenvalue weighted by molar-refractivity contribution is 0.0775. The van der Waals surface area contributed by atoms with Crippen molar-refractivity contribution in [1.29, 1.82) is 0 Å². The Morgan fingerprint density at radius 2 is 1.84 bits per heavy atom. The van der Waals surface area contributed by atoms with Crippen LogP contribution in [0.1, 0.15) is 21.8 Å². The number of ether oxygens (including phenoxy) is 2. The van der Waals surface area contributed by atoms with Crippen molar-refractivity contribution in [3.63, 3.8) is 0 Å². The predicted octanol–water partition coefficient (Wildman–Crippen LogP) is 2.27. The van der Waals surface area contributed by atoms with Crippen LogP contribution in [0.25, 0.3) is 0 Å². The largest absolute Gasteiger partial charge is 0.486 e. The molecule has 2 atom stereocenters. The summed E-state index contributed by atoms with van der Waals surface area (Å²) in [4.78, 5) is 15.0. The molecule has 5 heteroatoms. The van der Waals surface area contributed by atoms with Gasteiger partial charge < -0.3 is 20.1 Å². The van der Waals surface area contributed by atoms with Gasteiger partial charge in [-0.25, -0.2) is 0 Å². The third-order valence-corrected chi connectivity index (χ3v) is 5.06. The van der Waals surface area contributed by atoms with Crippen molar-refractivity contribution in [2.75, 3.05) is 32.8 Å². The van der Waals surface area contributed by atoms with Gasteiger partial charge >= 0.3 is 0 Å². The summed E-state index contributed by atoms with van der Waals surface area (Å²) in [7, 11) is 0. The number of amides is 1. The van der Waals surface area contributed by atoms with E-state index in [1.54, 1.807) is 0 Å². The minimum Gasteiger partial charge on any atom is -0.486 e. The van der Waals surface area contributed by atoms with Crippen molar-refractivity contribution in [2.45, 2.75) is 5.92 Å². The van der Waals surface area contributed by atoms with Crippen molar-refractivity contribution in [3.8, 4) is 11.5 Å². The first-order valence-corrected chi connectivity index (χ1v) is 8.71. The molecule has 2 heterocycles. The average Bonchev–Trinajstić information content (AvgIpc) is 3.12. The van der Waals surface area contributed by atoms with Gasteiger partial charge in [-0.15, -0.1) is 0 Å². The number of para-hydroxylation sites is 1. The number of nitrogens with zero attached hydrogens (tertiary/aromatic N) is 1. The summed E-state index contributed by atoms with van der Waals surface area (Å²) in [6.07, 6.45) is 0. The van der Waals surface area contributed by atoms with E-state index in [2.05, 4.69) is 12.1 Å². The molecule has 2 aromatic rings. The summed E-state index contributed by atoms with van der Waals surface area (Å²) < 4.78 is 11.3.